The van der Waals surface area contributed by atoms with Gasteiger partial charge in [-0.05, 0) is 12.1 Å². The van der Waals surface area contributed by atoms with Gasteiger partial charge in [0.05, 0.1) is 4.92 Å². The van der Waals surface area contributed by atoms with E-state index in [0.717, 1.165) is 0 Å². The highest BCUT2D eigenvalue weighted by atomic mass is 35.5. The summed E-state index contributed by atoms with van der Waals surface area (Å²) in [5.74, 6) is 0.849. The number of hydrogen-bond donors (Lipinski definition) is 1. The normalized spacial score (nSPS) is 10.4. The van der Waals surface area contributed by atoms with E-state index in [1.165, 1.54) is 6.07 Å². The van der Waals surface area contributed by atoms with Crippen molar-refractivity contribution in [2.24, 2.45) is 0 Å². The molecule has 0 aliphatic rings. The summed E-state index contributed by atoms with van der Waals surface area (Å²) in [6.07, 6.45) is 1.64. The third kappa shape index (κ3) is 3.64. The van der Waals surface area contributed by atoms with Crippen molar-refractivity contribution in [3.63, 3.8) is 0 Å². The molecule has 3 rings (SSSR count). The molecule has 120 valence electrons. The second-order valence-corrected chi connectivity index (χ2v) is 5.24. The fraction of sp³-hybridized carbons (Fsp3) is 0.0625. The lowest BCUT2D eigenvalue weighted by atomic mass is 10.2. The highest BCUT2D eigenvalue weighted by Gasteiger charge is 2.13. The number of anilines is 1. The lowest BCUT2D eigenvalue weighted by molar-refractivity contribution is -0.385. The van der Waals surface area contributed by atoms with Crippen LogP contribution in [0.1, 0.15) is 5.56 Å². The maximum Gasteiger partial charge on any atom is 0.274 e. The number of nitro groups is 1. The van der Waals surface area contributed by atoms with Gasteiger partial charge < -0.3 is 5.32 Å². The monoisotopic (exact) mass is 341 g/mol. The lowest BCUT2D eigenvalue weighted by Crippen LogP contribution is -2.05. The van der Waals surface area contributed by atoms with Crippen molar-refractivity contribution in [3.05, 3.63) is 75.6 Å². The number of para-hydroxylation sites is 1. The van der Waals surface area contributed by atoms with Crippen LogP contribution in [0.5, 0.6) is 0 Å². The van der Waals surface area contributed by atoms with E-state index in [1.807, 2.05) is 6.07 Å². The molecule has 0 bridgehead atoms. The average molecular weight is 342 g/mol. The van der Waals surface area contributed by atoms with Crippen molar-refractivity contribution < 1.29 is 4.92 Å². The number of hydrogen-bond acceptors (Lipinski definition) is 6. The first-order valence-corrected chi connectivity index (χ1v) is 7.43. The molecule has 0 radical (unpaired) electrons. The Kier molecular flexibility index (Phi) is 4.62. The Labute approximate surface area is 142 Å². The number of benzene rings is 1. The predicted octanol–water partition coefficient (Wildman–Crippen LogP) is 3.71. The third-order valence-corrected chi connectivity index (χ3v) is 3.43. The van der Waals surface area contributed by atoms with E-state index in [0.29, 0.717) is 22.9 Å². The van der Waals surface area contributed by atoms with Gasteiger partial charge in [-0.1, -0.05) is 35.9 Å². The molecule has 2 heterocycles. The van der Waals surface area contributed by atoms with Gasteiger partial charge in [-0.3, -0.25) is 15.1 Å². The van der Waals surface area contributed by atoms with Crippen molar-refractivity contribution >= 4 is 23.1 Å². The highest BCUT2D eigenvalue weighted by Crippen LogP contribution is 2.21. The summed E-state index contributed by atoms with van der Waals surface area (Å²) in [6, 6.07) is 13.5. The first-order chi connectivity index (χ1) is 11.6. The number of aromatic nitrogens is 3. The van der Waals surface area contributed by atoms with Gasteiger partial charge in [-0.2, -0.15) is 0 Å². The molecule has 8 heteroatoms. The summed E-state index contributed by atoms with van der Waals surface area (Å²) < 4.78 is 0. The number of rotatable bonds is 5. The number of nitro benzene ring substituents is 1. The van der Waals surface area contributed by atoms with Gasteiger partial charge in [0, 0.05) is 30.4 Å². The Balaban J connectivity index is 1.84. The number of pyridine rings is 1. The van der Waals surface area contributed by atoms with Crippen molar-refractivity contribution in [2.45, 2.75) is 6.54 Å². The first-order valence-electron chi connectivity index (χ1n) is 7.05. The van der Waals surface area contributed by atoms with Gasteiger partial charge in [-0.15, -0.1) is 0 Å². The molecule has 0 spiro atoms. The minimum atomic E-state index is -0.413. The summed E-state index contributed by atoms with van der Waals surface area (Å²) in [5.41, 5.74) is 1.19. The van der Waals surface area contributed by atoms with Crippen LogP contribution in [0, 0.1) is 10.1 Å². The number of halogens is 1. The maximum absolute atomic E-state index is 11.0. The summed E-state index contributed by atoms with van der Waals surface area (Å²) in [6.45, 7) is 0.242. The van der Waals surface area contributed by atoms with Gasteiger partial charge in [0.2, 0.25) is 0 Å². The molecule has 1 N–H and O–H groups in total. The first kappa shape index (κ1) is 15.8. The molecule has 7 nitrogen and oxygen atoms in total. The van der Waals surface area contributed by atoms with Gasteiger partial charge in [0.25, 0.3) is 5.69 Å². The van der Waals surface area contributed by atoms with Gasteiger partial charge in [0.15, 0.2) is 5.82 Å². The van der Waals surface area contributed by atoms with Gasteiger partial charge in [0.1, 0.15) is 16.7 Å². The van der Waals surface area contributed by atoms with Crippen molar-refractivity contribution in [2.75, 3.05) is 5.32 Å². The molecule has 0 fully saturated rings. The predicted molar refractivity (Wildman–Crippen MR) is 90.7 cm³/mol. The number of nitrogens with one attached hydrogen (secondary N) is 1. The van der Waals surface area contributed by atoms with Crippen LogP contribution in [0.15, 0.2) is 54.7 Å². The van der Waals surface area contributed by atoms with E-state index in [4.69, 9.17) is 11.6 Å². The zero-order valence-electron chi connectivity index (χ0n) is 12.4. The Morgan fingerprint density at radius 2 is 1.92 bits per heavy atom. The van der Waals surface area contributed by atoms with Crippen LogP contribution in [-0.4, -0.2) is 19.9 Å². The fourth-order valence-electron chi connectivity index (χ4n) is 2.14. The van der Waals surface area contributed by atoms with E-state index in [1.54, 1.807) is 42.6 Å². The molecule has 24 heavy (non-hydrogen) atoms. The third-order valence-electron chi connectivity index (χ3n) is 3.24. The molecule has 0 aliphatic heterocycles. The quantitative estimate of drug-likeness (QED) is 0.432. The van der Waals surface area contributed by atoms with Crippen molar-refractivity contribution in [3.8, 4) is 11.5 Å². The minimum Gasteiger partial charge on any atom is -0.366 e. The zero-order valence-corrected chi connectivity index (χ0v) is 13.1. The average Bonchev–Trinajstić information content (AvgIpc) is 2.60. The second-order valence-electron chi connectivity index (χ2n) is 4.85. The second kappa shape index (κ2) is 7.01. The highest BCUT2D eigenvalue weighted by molar-refractivity contribution is 6.29. The van der Waals surface area contributed by atoms with E-state index >= 15 is 0 Å². The van der Waals surface area contributed by atoms with E-state index in [9.17, 15) is 10.1 Å². The van der Waals surface area contributed by atoms with Crippen LogP contribution < -0.4 is 5.32 Å². The smallest absolute Gasteiger partial charge is 0.274 e. The lowest BCUT2D eigenvalue weighted by Gasteiger charge is -2.08. The molecule has 1 aromatic carbocycles. The SMILES string of the molecule is O=[N+]([O-])c1ccccc1CNc1cc(Cl)nc(-c2ccccn2)n1. The Morgan fingerprint density at radius 3 is 2.67 bits per heavy atom. The van der Waals surface area contributed by atoms with Crippen LogP contribution in [0.4, 0.5) is 11.5 Å². The van der Waals surface area contributed by atoms with E-state index in [2.05, 4.69) is 20.3 Å². The standard InChI is InChI=1S/C16H12ClN5O2/c17-14-9-15(21-16(20-14)12-6-3-4-8-18-12)19-10-11-5-1-2-7-13(11)22(23)24/h1-9H,10H2,(H,19,20,21). The van der Waals surface area contributed by atoms with Crippen LogP contribution in [0.25, 0.3) is 11.5 Å². The van der Waals surface area contributed by atoms with Crippen LogP contribution in [0.3, 0.4) is 0 Å². The molecular formula is C16H12ClN5O2. The van der Waals surface area contributed by atoms with Crippen LogP contribution >= 0.6 is 11.6 Å². The minimum absolute atomic E-state index is 0.0510. The van der Waals surface area contributed by atoms with E-state index < -0.39 is 4.92 Å². The molecule has 3 aromatic rings. The molecule has 0 aliphatic carbocycles. The molecule has 0 unspecified atom stereocenters. The topological polar surface area (TPSA) is 93.8 Å². The summed E-state index contributed by atoms with van der Waals surface area (Å²) in [5, 5.41) is 14.3. The molecular weight excluding hydrogens is 330 g/mol. The van der Waals surface area contributed by atoms with Gasteiger partial charge in [-0.25, -0.2) is 9.97 Å². The van der Waals surface area contributed by atoms with Crippen molar-refractivity contribution in [1.82, 2.24) is 15.0 Å². The van der Waals surface area contributed by atoms with Crippen LogP contribution in [-0.2, 0) is 6.54 Å². The Hall–Kier alpha value is -3.06. The summed E-state index contributed by atoms with van der Waals surface area (Å²) in [4.78, 5) is 23.3. The Morgan fingerprint density at radius 1 is 1.12 bits per heavy atom. The Bertz CT molecular complexity index is 873. The number of nitrogens with zero attached hydrogens (tertiary/aromatic N) is 4. The molecule has 0 amide bonds. The molecule has 0 atom stereocenters. The van der Waals surface area contributed by atoms with Crippen LogP contribution in [0.2, 0.25) is 5.15 Å². The zero-order chi connectivity index (χ0) is 16.9. The molecule has 2 aromatic heterocycles. The molecule has 0 saturated heterocycles. The van der Waals surface area contributed by atoms with E-state index in [-0.39, 0.29) is 17.4 Å². The summed E-state index contributed by atoms with van der Waals surface area (Å²) in [7, 11) is 0. The maximum atomic E-state index is 11.0. The largest absolute Gasteiger partial charge is 0.366 e. The molecule has 0 saturated carbocycles. The fourth-order valence-corrected chi connectivity index (χ4v) is 2.33. The van der Waals surface area contributed by atoms with Gasteiger partial charge >= 0.3 is 0 Å². The van der Waals surface area contributed by atoms with Crippen molar-refractivity contribution in [1.29, 1.82) is 0 Å². The summed E-state index contributed by atoms with van der Waals surface area (Å²) >= 11 is 6.04.